The third kappa shape index (κ3) is 15.8. The number of hydrogen-bond donors (Lipinski definition) is 3. The maximum Gasteiger partial charge on any atom is 0.349 e. The van der Waals surface area contributed by atoms with Crippen LogP contribution in [0.3, 0.4) is 0 Å². The Labute approximate surface area is 490 Å². The molecule has 3 unspecified atom stereocenters. The van der Waals surface area contributed by atoms with Gasteiger partial charge in [0.1, 0.15) is 73.0 Å². The number of carbonyl (C=O) groups is 6. The van der Waals surface area contributed by atoms with E-state index in [1.165, 1.54) is 0 Å². The molecule has 24 heteroatoms. The molecule has 0 radical (unpaired) electrons. The summed E-state index contributed by atoms with van der Waals surface area (Å²) in [6.07, 6.45) is 5.43. The highest BCUT2D eigenvalue weighted by Crippen LogP contribution is 2.43. The molecule has 0 N–H and O–H groups in total. The fraction of sp³-hybridized carbons (Fsp3) is 0.564. The predicted molar refractivity (Wildman–Crippen MR) is 307 cm³/mol. The van der Waals surface area contributed by atoms with Crippen LogP contribution in [0.2, 0.25) is 0 Å². The van der Waals surface area contributed by atoms with Crippen molar-refractivity contribution in [3.05, 3.63) is 67.2 Å². The molecule has 0 amide bonds. The second-order valence-corrected chi connectivity index (χ2v) is 24.1. The van der Waals surface area contributed by atoms with Crippen LogP contribution in [0.4, 0.5) is 0 Å². The first-order chi connectivity index (χ1) is 38.3. The molecule has 6 aliphatic rings. The monoisotopic (exact) mass is 1180 g/mol. The molecule has 0 spiro atoms. The van der Waals surface area contributed by atoms with Gasteiger partial charge in [-0.05, 0) is 111 Å². The van der Waals surface area contributed by atoms with Crippen LogP contribution in [0.1, 0.15) is 77.0 Å². The van der Waals surface area contributed by atoms with Gasteiger partial charge in [-0.1, -0.05) is 35.3 Å². The molecule has 3 heterocycles. The van der Waals surface area contributed by atoms with E-state index in [1.54, 1.807) is 0 Å². The first-order valence-corrected chi connectivity index (χ1v) is 31.1. The van der Waals surface area contributed by atoms with E-state index >= 15 is 0 Å². The molecule has 0 saturated carbocycles. The summed E-state index contributed by atoms with van der Waals surface area (Å²) in [5, 5.41) is 62.9. The Morgan fingerprint density at radius 3 is 0.911 bits per heavy atom. The lowest BCUT2D eigenvalue weighted by molar-refractivity contribution is -0.148. The zero-order chi connectivity index (χ0) is 57.0. The lowest BCUT2D eigenvalue weighted by Gasteiger charge is -2.32. The second kappa shape index (κ2) is 31.3. The van der Waals surface area contributed by atoms with Gasteiger partial charge in [0.05, 0.1) is 22.6 Å². The molecule has 0 bridgehead atoms. The minimum atomic E-state index is -1.27. The number of rotatable bonds is 21. The van der Waals surface area contributed by atoms with Crippen molar-refractivity contribution >= 4 is 106 Å². The largest absolute Gasteiger partial charge is 0.461 e. The number of carbonyl (C=O) groups excluding carboxylic acids is 6. The maximum absolute atomic E-state index is 14.2. The van der Waals surface area contributed by atoms with Gasteiger partial charge in [0, 0.05) is 91.4 Å². The van der Waals surface area contributed by atoms with Crippen molar-refractivity contribution in [3.8, 4) is 36.4 Å². The van der Waals surface area contributed by atoms with Crippen LogP contribution < -0.4 is 0 Å². The Balaban J connectivity index is 1.36. The van der Waals surface area contributed by atoms with E-state index in [4.69, 9.17) is 14.2 Å². The number of ether oxygens (including phenoxy) is 3. The van der Waals surface area contributed by atoms with Crippen molar-refractivity contribution in [2.24, 2.45) is 23.7 Å². The lowest BCUT2D eigenvalue weighted by Crippen LogP contribution is -2.31. The third-order valence-electron chi connectivity index (χ3n) is 14.5. The van der Waals surface area contributed by atoms with Gasteiger partial charge in [0.2, 0.25) is 0 Å². The Hall–Kier alpha value is -5.70. The minimum absolute atomic E-state index is 0.0313. The molecule has 18 nitrogen and oxygen atoms in total. The predicted octanol–water partition coefficient (Wildman–Crippen LogP) is 7.11. The van der Waals surface area contributed by atoms with E-state index in [1.807, 2.05) is 32.9 Å². The Bertz CT molecular complexity index is 2570. The average molecular weight is 1180 g/mol. The molecule has 79 heavy (non-hydrogen) atoms. The summed E-state index contributed by atoms with van der Waals surface area (Å²) in [6, 6.07) is 12.2. The van der Waals surface area contributed by atoms with Crippen LogP contribution in [-0.4, -0.2) is 142 Å². The summed E-state index contributed by atoms with van der Waals surface area (Å²) in [5.41, 5.74) is 0.381. The summed E-state index contributed by atoms with van der Waals surface area (Å²) < 4.78 is 17.2. The first-order valence-electron chi connectivity index (χ1n) is 26.2. The van der Waals surface area contributed by atoms with Crippen molar-refractivity contribution in [3.63, 3.8) is 0 Å². The Kier molecular flexibility index (Phi) is 24.8. The fourth-order valence-corrected chi connectivity index (χ4v) is 13.5. The highest BCUT2D eigenvalue weighted by molar-refractivity contribution is 8.14. The molecule has 416 valence electrons. The molecule has 0 aromatic rings. The molecule has 6 rings (SSSR count). The molecule has 3 aliphatic heterocycles. The minimum Gasteiger partial charge on any atom is -0.461 e. The number of nitriles is 6. The van der Waals surface area contributed by atoms with Gasteiger partial charge in [-0.25, -0.2) is 14.4 Å². The molecular formula is C55H61N9O9S6. The smallest absolute Gasteiger partial charge is 0.349 e. The van der Waals surface area contributed by atoms with Crippen molar-refractivity contribution in [2.45, 2.75) is 77.0 Å². The topological polar surface area (TPSA) is 283 Å². The molecule has 3 atom stereocenters. The molecule has 0 aromatic heterocycles. The molecule has 0 aromatic carbocycles. The first kappa shape index (κ1) is 62.5. The van der Waals surface area contributed by atoms with Gasteiger partial charge in [0.15, 0.2) is 15.3 Å². The normalized spacial score (nSPS) is 22.6. The van der Waals surface area contributed by atoms with Crippen LogP contribution >= 0.6 is 73.2 Å². The van der Waals surface area contributed by atoms with Gasteiger partial charge >= 0.3 is 17.9 Å². The number of hydrogen-bond acceptors (Lipinski definition) is 24. The fourth-order valence-electron chi connectivity index (χ4n) is 10.6. The van der Waals surface area contributed by atoms with E-state index in [9.17, 15) is 60.3 Å². The third-order valence-corrected chi connectivity index (χ3v) is 19.1. The van der Waals surface area contributed by atoms with E-state index < -0.39 is 78.1 Å². The van der Waals surface area contributed by atoms with Crippen LogP contribution in [-0.2, 0) is 43.0 Å². The van der Waals surface area contributed by atoms with Gasteiger partial charge in [-0.2, -0.15) is 69.5 Å². The van der Waals surface area contributed by atoms with Crippen LogP contribution in [0.25, 0.3) is 0 Å². The number of thiol groups is 3. The van der Waals surface area contributed by atoms with Gasteiger partial charge in [-0.15, -0.1) is 0 Å². The van der Waals surface area contributed by atoms with E-state index in [0.29, 0.717) is 90.9 Å². The highest BCUT2D eigenvalue weighted by atomic mass is 32.2. The maximum atomic E-state index is 14.2. The summed E-state index contributed by atoms with van der Waals surface area (Å²) in [4.78, 5) is 89.2. The second-order valence-electron chi connectivity index (χ2n) is 19.4. The Morgan fingerprint density at radius 2 is 0.696 bits per heavy atom. The standard InChI is InChI=1S/C55H61N9O9S6/c56-25-41-38(19-35(53(68)77-16-13-74)22-47(41)62-7-1-2-8-62)44(28-59)50(65)71-31-34(32-72-51(66)45(29-60)39-20-36(54(69)78-17-14-75)23-48(42(39)26-57)63-9-3-4-10-63)33-73-52(67)46(30-61)40-21-37(55(70)79-18-15-76)24-49(43(40)27-58)64-11-5-6-12-64/h34-37,74-76H,1-24,31-33H2/b44-38+,45-39+,46-40+. The number of allylic oxidation sites excluding steroid dienone is 9. The van der Waals surface area contributed by atoms with Crippen LogP contribution in [0.5, 0.6) is 0 Å². The van der Waals surface area contributed by atoms with E-state index in [0.717, 1.165) is 73.8 Å². The van der Waals surface area contributed by atoms with E-state index in [-0.39, 0.29) is 87.3 Å². The Morgan fingerprint density at radius 1 is 0.443 bits per heavy atom. The summed E-state index contributed by atoms with van der Waals surface area (Å²) >= 11 is 15.9. The van der Waals surface area contributed by atoms with Crippen molar-refractivity contribution in [1.29, 1.82) is 31.6 Å². The van der Waals surface area contributed by atoms with Gasteiger partial charge < -0.3 is 28.9 Å². The van der Waals surface area contributed by atoms with Crippen molar-refractivity contribution < 1.29 is 43.0 Å². The number of esters is 3. The van der Waals surface area contributed by atoms with Gasteiger partial charge in [0.25, 0.3) is 0 Å². The van der Waals surface area contributed by atoms with Crippen LogP contribution in [0.15, 0.2) is 67.2 Å². The SMILES string of the molecule is N#CC1=C(N2CCCC2)CC(C(=O)SCCS)C/C1=C(/C#N)C(=O)OCC(COC(=O)/C(C#N)=C1\CC(C(=O)SCCS)CC(N2CCCC2)=C1C#N)COC(=O)/C(C#N)=C1\CC(C(=O)SCCS)CC(N2CCCC2)=C1C#N. The zero-order valence-electron chi connectivity index (χ0n) is 43.7. The molecule has 3 fully saturated rings. The number of likely N-dealkylation sites (tertiary alicyclic amines) is 3. The summed E-state index contributed by atoms with van der Waals surface area (Å²) in [6.45, 7) is 1.56. The average Bonchev–Trinajstić information content (AvgIpc) is 4.33. The highest BCUT2D eigenvalue weighted by Gasteiger charge is 2.40. The van der Waals surface area contributed by atoms with E-state index in [2.05, 4.69) is 56.1 Å². The summed E-state index contributed by atoms with van der Waals surface area (Å²) in [5.74, 6) is -4.32. The van der Waals surface area contributed by atoms with Gasteiger partial charge in [-0.3, -0.25) is 14.4 Å². The van der Waals surface area contributed by atoms with Crippen LogP contribution in [0, 0.1) is 91.7 Å². The number of thioether (sulfide) groups is 3. The zero-order valence-corrected chi connectivity index (χ0v) is 48.8. The lowest BCUT2D eigenvalue weighted by atomic mass is 9.81. The summed E-state index contributed by atoms with van der Waals surface area (Å²) in [7, 11) is 0. The molecular weight excluding hydrogens is 1120 g/mol. The van der Waals surface area contributed by atoms with Crippen molar-refractivity contribution in [1.82, 2.24) is 14.7 Å². The number of nitrogens with zero attached hydrogens (tertiary/aromatic N) is 9. The quantitative estimate of drug-likeness (QED) is 0.0339. The van der Waals surface area contributed by atoms with Crippen molar-refractivity contribution in [2.75, 3.05) is 93.6 Å². The molecule has 3 saturated heterocycles. The molecule has 3 aliphatic carbocycles.